The molecule has 1 N–H and O–H groups in total. The van der Waals surface area contributed by atoms with Crippen LogP contribution >= 0.6 is 23.2 Å². The molecule has 1 saturated carbocycles. The lowest BCUT2D eigenvalue weighted by molar-refractivity contribution is 0.0691. The molecule has 0 radical (unpaired) electrons. The molecule has 0 spiro atoms. The molecule has 6 nitrogen and oxygen atoms in total. The van der Waals surface area contributed by atoms with E-state index in [9.17, 15) is 9.90 Å². The maximum absolute atomic E-state index is 11.2. The van der Waals surface area contributed by atoms with Gasteiger partial charge < -0.3 is 14.4 Å². The Morgan fingerprint density at radius 2 is 1.67 bits per heavy atom. The number of benzene rings is 3. The number of fused-ring (bicyclic) bond motifs is 1. The van der Waals surface area contributed by atoms with E-state index in [0.717, 1.165) is 40.7 Å². The maximum atomic E-state index is 11.2. The van der Waals surface area contributed by atoms with E-state index in [1.54, 1.807) is 18.2 Å². The minimum absolute atomic E-state index is 0.0284. The molecule has 1 fully saturated rings. The molecule has 2 aromatic heterocycles. The number of pyridine rings is 1. The molecule has 0 atom stereocenters. The number of hydrogen-bond donors (Lipinski definition) is 1. The highest BCUT2D eigenvalue weighted by molar-refractivity contribution is 6.39. The average molecular weight is 559 g/mol. The van der Waals surface area contributed by atoms with E-state index >= 15 is 0 Å². The van der Waals surface area contributed by atoms with Gasteiger partial charge in [-0.1, -0.05) is 71.5 Å². The number of ether oxygens (including phenoxy) is 1. The molecule has 2 heterocycles. The van der Waals surface area contributed by atoms with Crippen LogP contribution in [0.25, 0.3) is 33.3 Å². The van der Waals surface area contributed by atoms with Gasteiger partial charge in [-0.2, -0.15) is 0 Å². The lowest BCUT2D eigenvalue weighted by Gasteiger charge is -2.12. The van der Waals surface area contributed by atoms with E-state index < -0.39 is 5.97 Å². The summed E-state index contributed by atoms with van der Waals surface area (Å²) in [6.45, 7) is 0.277. The smallest absolute Gasteiger partial charge is 0.354 e. The van der Waals surface area contributed by atoms with Gasteiger partial charge in [-0.3, -0.25) is 0 Å². The second-order valence-corrected chi connectivity index (χ2v) is 10.5. The van der Waals surface area contributed by atoms with E-state index in [-0.39, 0.29) is 12.3 Å². The summed E-state index contributed by atoms with van der Waals surface area (Å²) in [4.78, 5) is 15.4. The first kappa shape index (κ1) is 25.4. The third kappa shape index (κ3) is 5.10. The van der Waals surface area contributed by atoms with Crippen molar-refractivity contribution in [3.63, 3.8) is 0 Å². The lowest BCUT2D eigenvalue weighted by Crippen LogP contribution is -2.02. The highest BCUT2D eigenvalue weighted by Gasteiger charge is 2.29. The third-order valence-electron chi connectivity index (χ3n) is 7.22. The number of carbonyl (C=O) groups is 1. The third-order valence-corrected chi connectivity index (χ3v) is 7.85. The van der Waals surface area contributed by atoms with Crippen molar-refractivity contribution in [3.8, 4) is 28.1 Å². The van der Waals surface area contributed by atoms with Gasteiger partial charge in [0.2, 0.25) is 0 Å². The van der Waals surface area contributed by atoms with Crippen molar-refractivity contribution in [2.24, 2.45) is 0 Å². The quantitative estimate of drug-likeness (QED) is 0.215. The molecule has 0 unspecified atom stereocenters. The second kappa shape index (κ2) is 10.7. The molecular formula is C31H24Cl2N2O4. The molecule has 39 heavy (non-hydrogen) atoms. The van der Waals surface area contributed by atoms with Gasteiger partial charge in [-0.15, -0.1) is 0 Å². The summed E-state index contributed by atoms with van der Waals surface area (Å²) in [6, 6.07) is 22.3. The fourth-order valence-corrected chi connectivity index (χ4v) is 5.79. The van der Waals surface area contributed by atoms with Gasteiger partial charge in [0.15, 0.2) is 0 Å². The van der Waals surface area contributed by atoms with E-state index in [1.165, 1.54) is 18.9 Å². The number of rotatable bonds is 7. The van der Waals surface area contributed by atoms with Crippen molar-refractivity contribution in [1.82, 2.24) is 10.1 Å². The number of carboxylic acid groups (broad SMARTS) is 1. The van der Waals surface area contributed by atoms with Gasteiger partial charge in [0.05, 0.1) is 21.1 Å². The summed E-state index contributed by atoms with van der Waals surface area (Å²) >= 11 is 13.0. The summed E-state index contributed by atoms with van der Waals surface area (Å²) in [7, 11) is 0. The average Bonchev–Trinajstić information content (AvgIpc) is 3.62. The number of nitrogens with zero attached hydrogens (tertiary/aromatic N) is 2. The predicted molar refractivity (Wildman–Crippen MR) is 152 cm³/mol. The van der Waals surface area contributed by atoms with Crippen LogP contribution in [0.15, 0.2) is 77.3 Å². The van der Waals surface area contributed by atoms with Crippen LogP contribution in [0.1, 0.15) is 53.4 Å². The molecule has 0 amide bonds. The Bertz CT molecular complexity index is 1650. The fourth-order valence-electron chi connectivity index (χ4n) is 5.21. The Hall–Kier alpha value is -3.87. The fraction of sp³-hybridized carbons (Fsp3) is 0.194. The van der Waals surface area contributed by atoms with Crippen molar-refractivity contribution >= 4 is 40.1 Å². The van der Waals surface area contributed by atoms with Crippen molar-refractivity contribution in [3.05, 3.63) is 99.9 Å². The van der Waals surface area contributed by atoms with E-state index in [2.05, 4.69) is 10.1 Å². The van der Waals surface area contributed by atoms with E-state index in [4.69, 9.17) is 32.5 Å². The first-order valence-corrected chi connectivity index (χ1v) is 13.5. The molecular weight excluding hydrogens is 535 g/mol. The Labute approximate surface area is 235 Å². The minimum Gasteiger partial charge on any atom is -0.489 e. The summed E-state index contributed by atoms with van der Waals surface area (Å²) < 4.78 is 12.1. The number of hydrogen-bond acceptors (Lipinski definition) is 5. The molecule has 1 aliphatic rings. The lowest BCUT2D eigenvalue weighted by atomic mass is 9.98. The summed E-state index contributed by atoms with van der Waals surface area (Å²) in [6.07, 6.45) is 4.46. The zero-order chi connectivity index (χ0) is 26.9. The number of halogens is 2. The van der Waals surface area contributed by atoms with Gasteiger partial charge in [-0.25, -0.2) is 9.78 Å². The van der Waals surface area contributed by atoms with Crippen molar-refractivity contribution in [1.29, 1.82) is 0 Å². The molecule has 0 bridgehead atoms. The van der Waals surface area contributed by atoms with Crippen LogP contribution in [0.3, 0.4) is 0 Å². The standard InChI is InChI=1S/C31H24Cl2N2O4/c32-24-6-3-7-25(33)28(24)29-23(30(39-35-29)19-4-1-2-5-19)17-38-22-12-8-18(9-13-22)20-10-14-26-21(16-20)11-15-27(34-26)31(36)37/h3,6-16,19H,1-2,4-5,17H2,(H,36,37). The van der Waals surface area contributed by atoms with Gasteiger partial charge in [0, 0.05) is 16.9 Å². The van der Waals surface area contributed by atoms with Gasteiger partial charge in [0.1, 0.15) is 29.5 Å². The first-order chi connectivity index (χ1) is 19.0. The van der Waals surface area contributed by atoms with Crippen molar-refractivity contribution in [2.75, 3.05) is 0 Å². The Balaban J connectivity index is 1.25. The monoisotopic (exact) mass is 558 g/mol. The Morgan fingerprint density at radius 1 is 0.949 bits per heavy atom. The first-order valence-electron chi connectivity index (χ1n) is 12.8. The second-order valence-electron chi connectivity index (χ2n) is 9.67. The van der Waals surface area contributed by atoms with Crippen LogP contribution in [-0.4, -0.2) is 21.2 Å². The van der Waals surface area contributed by atoms with Gasteiger partial charge >= 0.3 is 5.97 Å². The van der Waals surface area contributed by atoms with Crippen molar-refractivity contribution < 1.29 is 19.2 Å². The van der Waals surface area contributed by atoms with E-state index in [1.807, 2.05) is 48.5 Å². The zero-order valence-corrected chi connectivity index (χ0v) is 22.4. The highest BCUT2D eigenvalue weighted by atomic mass is 35.5. The number of aromatic carboxylic acids is 1. The molecule has 1 aliphatic carbocycles. The predicted octanol–water partition coefficient (Wildman–Crippen LogP) is 8.80. The number of carboxylic acids is 1. The Morgan fingerprint density at radius 3 is 2.38 bits per heavy atom. The largest absolute Gasteiger partial charge is 0.489 e. The molecule has 8 heteroatoms. The molecule has 196 valence electrons. The summed E-state index contributed by atoms with van der Waals surface area (Å²) in [5, 5.41) is 15.5. The normalized spacial score (nSPS) is 13.7. The van der Waals surface area contributed by atoms with Crippen LogP contribution in [-0.2, 0) is 6.61 Å². The van der Waals surface area contributed by atoms with Crippen LogP contribution in [0, 0.1) is 0 Å². The minimum atomic E-state index is -1.04. The molecule has 0 saturated heterocycles. The zero-order valence-electron chi connectivity index (χ0n) is 20.9. The molecule has 3 aromatic carbocycles. The van der Waals surface area contributed by atoms with Crippen molar-refractivity contribution in [2.45, 2.75) is 38.2 Å². The van der Waals surface area contributed by atoms with Gasteiger partial charge in [0.25, 0.3) is 0 Å². The van der Waals surface area contributed by atoms with Crippen LogP contribution < -0.4 is 4.74 Å². The molecule has 0 aliphatic heterocycles. The summed E-state index contributed by atoms with van der Waals surface area (Å²) in [5.41, 5.74) is 4.83. The van der Waals surface area contributed by atoms with Crippen LogP contribution in [0.4, 0.5) is 0 Å². The number of aromatic nitrogens is 2. The van der Waals surface area contributed by atoms with Gasteiger partial charge in [-0.05, 0) is 66.4 Å². The summed E-state index contributed by atoms with van der Waals surface area (Å²) in [5.74, 6) is 0.829. The maximum Gasteiger partial charge on any atom is 0.354 e. The van der Waals surface area contributed by atoms with Crippen LogP contribution in [0.5, 0.6) is 5.75 Å². The highest BCUT2D eigenvalue weighted by Crippen LogP contribution is 2.42. The van der Waals surface area contributed by atoms with Crippen LogP contribution in [0.2, 0.25) is 10.0 Å². The van der Waals surface area contributed by atoms with E-state index in [0.29, 0.717) is 38.5 Å². The molecule has 5 aromatic rings. The topological polar surface area (TPSA) is 85.5 Å². The molecule has 6 rings (SSSR count). The Kier molecular flexibility index (Phi) is 6.98. The SMILES string of the molecule is O=C(O)c1ccc2cc(-c3ccc(OCc4c(-c5c(Cl)cccc5Cl)noc4C4CCCC4)cc3)ccc2n1.